The minimum atomic E-state index is -0.331. The Hall–Kier alpha value is -2.09. The average Bonchev–Trinajstić information content (AvgIpc) is 2.93. The Labute approximate surface area is 118 Å². The highest BCUT2D eigenvalue weighted by atomic mass is 16.1. The lowest BCUT2D eigenvalue weighted by Crippen LogP contribution is -2.48. The molecule has 1 unspecified atom stereocenters. The van der Waals surface area contributed by atoms with Crippen LogP contribution in [-0.2, 0) is 17.6 Å². The van der Waals surface area contributed by atoms with Crippen LogP contribution in [-0.4, -0.2) is 23.5 Å². The van der Waals surface area contributed by atoms with Gasteiger partial charge in [0.1, 0.15) is 17.9 Å². The van der Waals surface area contributed by atoms with E-state index in [0.717, 1.165) is 50.8 Å². The number of nitrogens with two attached hydrogens (primary N) is 1. The number of pyridine rings is 1. The number of nitriles is 1. The molecule has 3 rings (SSSR count). The van der Waals surface area contributed by atoms with E-state index in [0.29, 0.717) is 11.4 Å². The highest BCUT2D eigenvalue weighted by Crippen LogP contribution is 2.30. The summed E-state index contributed by atoms with van der Waals surface area (Å²) in [5, 5.41) is 9.37. The van der Waals surface area contributed by atoms with Crippen molar-refractivity contribution in [2.24, 2.45) is 5.73 Å². The number of carbonyl (C=O) groups excluding carboxylic acids is 1. The smallest absolute Gasteiger partial charge is 0.240 e. The third kappa shape index (κ3) is 2.11. The standard InChI is InChI=1S/C15H18N4O/c16-9-11-8-10-4-3-5-12(10)18-15(11)19-7-2-1-6-13(19)14(17)20/h8,13H,1-7H2,(H2,17,20). The van der Waals surface area contributed by atoms with Crippen molar-refractivity contribution in [1.29, 1.82) is 5.26 Å². The normalized spacial score (nSPS) is 21.4. The molecule has 1 aliphatic carbocycles. The zero-order valence-corrected chi connectivity index (χ0v) is 11.4. The first kappa shape index (κ1) is 12.9. The van der Waals surface area contributed by atoms with Crippen LogP contribution < -0.4 is 10.6 Å². The molecule has 5 heteroatoms. The fourth-order valence-electron chi connectivity index (χ4n) is 3.24. The molecule has 0 bridgehead atoms. The number of aromatic nitrogens is 1. The summed E-state index contributed by atoms with van der Waals surface area (Å²) in [5.74, 6) is 0.326. The Morgan fingerprint density at radius 2 is 2.25 bits per heavy atom. The number of nitrogens with zero attached hydrogens (tertiary/aromatic N) is 3. The van der Waals surface area contributed by atoms with E-state index in [4.69, 9.17) is 5.73 Å². The maximum Gasteiger partial charge on any atom is 0.240 e. The second kappa shape index (κ2) is 5.12. The molecule has 2 aliphatic rings. The van der Waals surface area contributed by atoms with Crippen molar-refractivity contribution in [3.63, 3.8) is 0 Å². The molecule has 1 saturated heterocycles. The first-order valence-electron chi connectivity index (χ1n) is 7.19. The minimum absolute atomic E-state index is 0.323. The summed E-state index contributed by atoms with van der Waals surface area (Å²) >= 11 is 0. The number of piperidine rings is 1. The Bertz CT molecular complexity index is 590. The van der Waals surface area contributed by atoms with Crippen LogP contribution in [0.4, 0.5) is 5.82 Å². The molecule has 1 fully saturated rings. The summed E-state index contributed by atoms with van der Waals surface area (Å²) in [6.45, 7) is 0.744. The van der Waals surface area contributed by atoms with Crippen molar-refractivity contribution in [1.82, 2.24) is 4.98 Å². The van der Waals surface area contributed by atoms with Crippen LogP contribution in [0.2, 0.25) is 0 Å². The quantitative estimate of drug-likeness (QED) is 0.877. The molecule has 1 aromatic heterocycles. The van der Waals surface area contributed by atoms with Crippen LogP contribution in [0.3, 0.4) is 0 Å². The number of carbonyl (C=O) groups is 1. The van der Waals surface area contributed by atoms with Crippen molar-refractivity contribution in [2.75, 3.05) is 11.4 Å². The van der Waals surface area contributed by atoms with E-state index >= 15 is 0 Å². The van der Waals surface area contributed by atoms with Crippen LogP contribution in [0, 0.1) is 11.3 Å². The molecule has 0 aromatic carbocycles. The number of amides is 1. The molecule has 104 valence electrons. The van der Waals surface area contributed by atoms with Crippen molar-refractivity contribution in [3.8, 4) is 6.07 Å². The molecule has 0 spiro atoms. The van der Waals surface area contributed by atoms with Crippen LogP contribution in [0.5, 0.6) is 0 Å². The van der Waals surface area contributed by atoms with Gasteiger partial charge in [0, 0.05) is 12.2 Å². The number of rotatable bonds is 2. The summed E-state index contributed by atoms with van der Waals surface area (Å²) < 4.78 is 0. The minimum Gasteiger partial charge on any atom is -0.368 e. The highest BCUT2D eigenvalue weighted by molar-refractivity contribution is 5.84. The first-order valence-corrected chi connectivity index (χ1v) is 7.19. The van der Waals surface area contributed by atoms with Crippen molar-refractivity contribution in [2.45, 2.75) is 44.6 Å². The molecule has 1 aliphatic heterocycles. The summed E-state index contributed by atoms with van der Waals surface area (Å²) in [7, 11) is 0. The van der Waals surface area contributed by atoms with Gasteiger partial charge in [0.05, 0.1) is 5.56 Å². The van der Waals surface area contributed by atoms with E-state index in [-0.39, 0.29) is 11.9 Å². The molecule has 0 radical (unpaired) electrons. The van der Waals surface area contributed by atoms with Crippen LogP contribution >= 0.6 is 0 Å². The topological polar surface area (TPSA) is 83.0 Å². The van der Waals surface area contributed by atoms with E-state index in [1.54, 1.807) is 0 Å². The Morgan fingerprint density at radius 3 is 3.00 bits per heavy atom. The van der Waals surface area contributed by atoms with Gasteiger partial charge in [-0.2, -0.15) is 5.26 Å². The van der Waals surface area contributed by atoms with Gasteiger partial charge in [0.2, 0.25) is 5.91 Å². The van der Waals surface area contributed by atoms with E-state index in [9.17, 15) is 10.1 Å². The highest BCUT2D eigenvalue weighted by Gasteiger charge is 2.30. The van der Waals surface area contributed by atoms with Gasteiger partial charge >= 0.3 is 0 Å². The Kier molecular flexibility index (Phi) is 3.31. The van der Waals surface area contributed by atoms with Crippen molar-refractivity contribution >= 4 is 11.7 Å². The average molecular weight is 270 g/mol. The number of hydrogen-bond donors (Lipinski definition) is 1. The maximum absolute atomic E-state index is 11.6. The van der Waals surface area contributed by atoms with Crippen LogP contribution in [0.25, 0.3) is 0 Å². The second-order valence-electron chi connectivity index (χ2n) is 5.54. The van der Waals surface area contributed by atoms with Gasteiger partial charge in [0.25, 0.3) is 0 Å². The first-order chi connectivity index (χ1) is 9.70. The molecule has 2 heterocycles. The number of primary amides is 1. The van der Waals surface area contributed by atoms with Gasteiger partial charge in [0.15, 0.2) is 0 Å². The lowest BCUT2D eigenvalue weighted by molar-refractivity contribution is -0.119. The van der Waals surface area contributed by atoms with E-state index < -0.39 is 0 Å². The molecule has 5 nitrogen and oxygen atoms in total. The zero-order chi connectivity index (χ0) is 14.1. The number of anilines is 1. The fourth-order valence-corrected chi connectivity index (χ4v) is 3.24. The van der Waals surface area contributed by atoms with Gasteiger partial charge < -0.3 is 10.6 Å². The molecule has 2 N–H and O–H groups in total. The van der Waals surface area contributed by atoms with E-state index in [1.165, 1.54) is 5.56 Å². The number of aryl methyl sites for hydroxylation is 2. The molecular weight excluding hydrogens is 252 g/mol. The maximum atomic E-state index is 11.6. The lowest BCUT2D eigenvalue weighted by Gasteiger charge is -2.35. The van der Waals surface area contributed by atoms with Gasteiger partial charge in [-0.05, 0) is 50.2 Å². The van der Waals surface area contributed by atoms with Gasteiger partial charge in [-0.15, -0.1) is 0 Å². The van der Waals surface area contributed by atoms with Crippen LogP contribution in [0.1, 0.15) is 42.5 Å². The third-order valence-electron chi connectivity index (χ3n) is 4.25. The molecule has 1 amide bonds. The van der Waals surface area contributed by atoms with Gasteiger partial charge in [-0.25, -0.2) is 4.98 Å². The SMILES string of the molecule is N#Cc1cc2c(nc1N1CCCCC1C(N)=O)CCC2. The second-order valence-corrected chi connectivity index (χ2v) is 5.54. The molecular formula is C15H18N4O. The summed E-state index contributed by atoms with van der Waals surface area (Å²) in [4.78, 5) is 18.3. The molecule has 0 saturated carbocycles. The van der Waals surface area contributed by atoms with E-state index in [2.05, 4.69) is 11.1 Å². The largest absolute Gasteiger partial charge is 0.368 e. The molecule has 1 aromatic rings. The number of hydrogen-bond acceptors (Lipinski definition) is 4. The van der Waals surface area contributed by atoms with Gasteiger partial charge in [-0.1, -0.05) is 0 Å². The predicted molar refractivity (Wildman–Crippen MR) is 75.2 cm³/mol. The Balaban J connectivity index is 2.04. The monoisotopic (exact) mass is 270 g/mol. The number of fused-ring (bicyclic) bond motifs is 1. The summed E-state index contributed by atoms with van der Waals surface area (Å²) in [5.41, 5.74) is 8.33. The molecule has 20 heavy (non-hydrogen) atoms. The summed E-state index contributed by atoms with van der Waals surface area (Å²) in [6, 6.07) is 3.84. The third-order valence-corrected chi connectivity index (χ3v) is 4.25. The fraction of sp³-hybridized carbons (Fsp3) is 0.533. The van der Waals surface area contributed by atoms with Gasteiger partial charge in [-0.3, -0.25) is 4.79 Å². The Morgan fingerprint density at radius 1 is 1.40 bits per heavy atom. The predicted octanol–water partition coefficient (Wildman–Crippen LogP) is 1.29. The molecule has 1 atom stereocenters. The van der Waals surface area contributed by atoms with Crippen molar-refractivity contribution in [3.05, 3.63) is 22.9 Å². The van der Waals surface area contributed by atoms with Crippen LogP contribution in [0.15, 0.2) is 6.07 Å². The lowest BCUT2D eigenvalue weighted by atomic mass is 10.0. The zero-order valence-electron chi connectivity index (χ0n) is 11.4. The summed E-state index contributed by atoms with van der Waals surface area (Å²) in [6.07, 6.45) is 5.80. The van der Waals surface area contributed by atoms with Crippen molar-refractivity contribution < 1.29 is 4.79 Å². The van der Waals surface area contributed by atoms with E-state index in [1.807, 2.05) is 11.0 Å².